The van der Waals surface area contributed by atoms with Gasteiger partial charge in [-0.25, -0.2) is 0 Å². The van der Waals surface area contributed by atoms with Crippen molar-refractivity contribution in [3.8, 4) is 17.2 Å². The SMILES string of the molecule is CCCCCC(=O)Oc1cccc(OCCCC)c1OC(=O)CCCCC. The number of esters is 2. The molecule has 0 N–H and O–H groups in total. The molecule has 0 fully saturated rings. The molecule has 5 heteroatoms. The van der Waals surface area contributed by atoms with Gasteiger partial charge in [0.2, 0.25) is 5.75 Å². The lowest BCUT2D eigenvalue weighted by atomic mass is 10.2. The summed E-state index contributed by atoms with van der Waals surface area (Å²) >= 11 is 0. The number of para-hydroxylation sites is 1. The van der Waals surface area contributed by atoms with Crippen LogP contribution in [0.4, 0.5) is 0 Å². The van der Waals surface area contributed by atoms with Gasteiger partial charge in [0.1, 0.15) is 0 Å². The lowest BCUT2D eigenvalue weighted by Gasteiger charge is -2.15. The third-order valence-corrected chi connectivity index (χ3v) is 4.11. The fourth-order valence-corrected chi connectivity index (χ4v) is 2.49. The normalized spacial score (nSPS) is 10.5. The molecular formula is C22H34O5. The molecule has 0 heterocycles. The smallest absolute Gasteiger partial charge is 0.311 e. The molecule has 0 bridgehead atoms. The van der Waals surface area contributed by atoms with Crippen LogP contribution in [-0.2, 0) is 9.59 Å². The maximum Gasteiger partial charge on any atom is 0.311 e. The fraction of sp³-hybridized carbons (Fsp3) is 0.636. The van der Waals surface area contributed by atoms with Gasteiger partial charge in [-0.15, -0.1) is 0 Å². The van der Waals surface area contributed by atoms with E-state index >= 15 is 0 Å². The van der Waals surface area contributed by atoms with Crippen LogP contribution in [0, 0.1) is 0 Å². The average Bonchev–Trinajstić information content (AvgIpc) is 2.64. The molecule has 0 saturated heterocycles. The molecule has 152 valence electrons. The van der Waals surface area contributed by atoms with Crippen molar-refractivity contribution in [1.29, 1.82) is 0 Å². The number of carbonyl (C=O) groups excluding carboxylic acids is 2. The molecule has 0 amide bonds. The Kier molecular flexibility index (Phi) is 12.0. The zero-order chi connectivity index (χ0) is 19.9. The molecule has 1 aromatic rings. The van der Waals surface area contributed by atoms with Crippen LogP contribution in [0.5, 0.6) is 17.2 Å². The van der Waals surface area contributed by atoms with E-state index in [0.29, 0.717) is 25.2 Å². The van der Waals surface area contributed by atoms with E-state index in [-0.39, 0.29) is 23.4 Å². The number of benzene rings is 1. The van der Waals surface area contributed by atoms with Crippen molar-refractivity contribution in [2.75, 3.05) is 6.61 Å². The first-order valence-electron chi connectivity index (χ1n) is 10.3. The summed E-state index contributed by atoms with van der Waals surface area (Å²) < 4.78 is 16.8. The van der Waals surface area contributed by atoms with Gasteiger partial charge < -0.3 is 14.2 Å². The number of ether oxygens (including phenoxy) is 3. The highest BCUT2D eigenvalue weighted by molar-refractivity contribution is 5.77. The van der Waals surface area contributed by atoms with E-state index in [9.17, 15) is 9.59 Å². The fourth-order valence-electron chi connectivity index (χ4n) is 2.49. The van der Waals surface area contributed by atoms with Crippen molar-refractivity contribution in [2.45, 2.75) is 85.0 Å². The molecule has 0 atom stereocenters. The summed E-state index contributed by atoms with van der Waals surface area (Å²) in [5.74, 6) is 0.232. The topological polar surface area (TPSA) is 61.8 Å². The highest BCUT2D eigenvalue weighted by atomic mass is 16.6. The molecule has 1 aromatic carbocycles. The van der Waals surface area contributed by atoms with Gasteiger partial charge >= 0.3 is 11.9 Å². The first kappa shape index (κ1) is 23.0. The summed E-state index contributed by atoms with van der Waals surface area (Å²) in [5.41, 5.74) is 0. The predicted octanol–water partition coefficient (Wildman–Crippen LogP) is 5.84. The van der Waals surface area contributed by atoms with Crippen LogP contribution in [0.2, 0.25) is 0 Å². The minimum absolute atomic E-state index is 0.207. The lowest BCUT2D eigenvalue weighted by molar-refractivity contribution is -0.137. The molecule has 0 aliphatic carbocycles. The standard InChI is InChI=1S/C22H34O5/c1-4-7-10-15-20(23)26-19-14-12-13-18(25-17-9-6-3)22(19)27-21(24)16-11-8-5-2/h12-14H,4-11,15-17H2,1-3H3. The average molecular weight is 379 g/mol. The van der Waals surface area contributed by atoms with Crippen LogP contribution < -0.4 is 14.2 Å². The van der Waals surface area contributed by atoms with E-state index in [2.05, 4.69) is 20.8 Å². The van der Waals surface area contributed by atoms with Gasteiger partial charge in [-0.3, -0.25) is 9.59 Å². The Morgan fingerprint density at radius 1 is 0.741 bits per heavy atom. The molecule has 0 saturated carbocycles. The summed E-state index contributed by atoms with van der Waals surface area (Å²) in [6.07, 6.45) is 8.16. The van der Waals surface area contributed by atoms with Crippen molar-refractivity contribution < 1.29 is 23.8 Å². The Hall–Kier alpha value is -2.04. The summed E-state index contributed by atoms with van der Waals surface area (Å²) in [7, 11) is 0. The molecule has 27 heavy (non-hydrogen) atoms. The predicted molar refractivity (Wildman–Crippen MR) is 106 cm³/mol. The molecule has 0 aliphatic heterocycles. The first-order valence-corrected chi connectivity index (χ1v) is 10.3. The van der Waals surface area contributed by atoms with E-state index in [4.69, 9.17) is 14.2 Å². The molecular weight excluding hydrogens is 344 g/mol. The van der Waals surface area contributed by atoms with Gasteiger partial charge in [0.25, 0.3) is 0 Å². The van der Waals surface area contributed by atoms with Gasteiger partial charge in [-0.2, -0.15) is 0 Å². The van der Waals surface area contributed by atoms with Crippen molar-refractivity contribution in [3.05, 3.63) is 18.2 Å². The second-order valence-corrected chi connectivity index (χ2v) is 6.65. The molecule has 0 aromatic heterocycles. The molecule has 5 nitrogen and oxygen atoms in total. The van der Waals surface area contributed by atoms with Gasteiger partial charge in [0, 0.05) is 12.8 Å². The van der Waals surface area contributed by atoms with E-state index < -0.39 is 0 Å². The highest BCUT2D eigenvalue weighted by Gasteiger charge is 2.19. The molecule has 0 unspecified atom stereocenters. The van der Waals surface area contributed by atoms with E-state index in [1.54, 1.807) is 18.2 Å². The number of hydrogen-bond acceptors (Lipinski definition) is 5. The van der Waals surface area contributed by atoms with E-state index in [1.807, 2.05) is 0 Å². The van der Waals surface area contributed by atoms with Crippen LogP contribution in [0.15, 0.2) is 18.2 Å². The van der Waals surface area contributed by atoms with E-state index in [1.165, 1.54) is 0 Å². The van der Waals surface area contributed by atoms with Crippen LogP contribution in [-0.4, -0.2) is 18.5 Å². The number of hydrogen-bond donors (Lipinski definition) is 0. The Labute approximate surface area is 163 Å². The highest BCUT2D eigenvalue weighted by Crippen LogP contribution is 2.38. The molecule has 0 spiro atoms. The monoisotopic (exact) mass is 378 g/mol. The lowest BCUT2D eigenvalue weighted by Crippen LogP contribution is -2.13. The largest absolute Gasteiger partial charge is 0.490 e. The Bertz CT molecular complexity index is 568. The van der Waals surface area contributed by atoms with Crippen molar-refractivity contribution in [1.82, 2.24) is 0 Å². The third-order valence-electron chi connectivity index (χ3n) is 4.11. The quantitative estimate of drug-likeness (QED) is 0.231. The van der Waals surface area contributed by atoms with Gasteiger partial charge in [-0.1, -0.05) is 58.9 Å². The molecule has 1 rings (SSSR count). The molecule has 0 radical (unpaired) electrons. The van der Waals surface area contributed by atoms with Crippen molar-refractivity contribution >= 4 is 11.9 Å². The zero-order valence-corrected chi connectivity index (χ0v) is 17.1. The second-order valence-electron chi connectivity index (χ2n) is 6.65. The Balaban J connectivity index is 2.87. The Morgan fingerprint density at radius 3 is 1.89 bits per heavy atom. The summed E-state index contributed by atoms with van der Waals surface area (Å²) in [5, 5.41) is 0. The molecule has 0 aliphatic rings. The van der Waals surface area contributed by atoms with Crippen molar-refractivity contribution in [3.63, 3.8) is 0 Å². The summed E-state index contributed by atoms with van der Waals surface area (Å²) in [6, 6.07) is 5.11. The van der Waals surface area contributed by atoms with Crippen molar-refractivity contribution in [2.24, 2.45) is 0 Å². The van der Waals surface area contributed by atoms with Gasteiger partial charge in [0.05, 0.1) is 6.61 Å². The third kappa shape index (κ3) is 9.45. The van der Waals surface area contributed by atoms with Crippen LogP contribution in [0.1, 0.15) is 85.0 Å². The summed E-state index contributed by atoms with van der Waals surface area (Å²) in [6.45, 7) is 6.76. The number of unbranched alkanes of at least 4 members (excludes halogenated alkanes) is 5. The van der Waals surface area contributed by atoms with Gasteiger partial charge in [-0.05, 0) is 31.4 Å². The Morgan fingerprint density at radius 2 is 1.30 bits per heavy atom. The number of carbonyl (C=O) groups is 2. The zero-order valence-electron chi connectivity index (χ0n) is 17.1. The van der Waals surface area contributed by atoms with Crippen LogP contribution in [0.25, 0.3) is 0 Å². The maximum absolute atomic E-state index is 12.2. The second kappa shape index (κ2) is 14.1. The minimum Gasteiger partial charge on any atom is -0.490 e. The van der Waals surface area contributed by atoms with Crippen LogP contribution >= 0.6 is 0 Å². The van der Waals surface area contributed by atoms with Gasteiger partial charge in [0.15, 0.2) is 11.5 Å². The summed E-state index contributed by atoms with van der Waals surface area (Å²) in [4.78, 5) is 24.3. The van der Waals surface area contributed by atoms with E-state index in [0.717, 1.165) is 51.4 Å². The number of rotatable bonds is 14. The maximum atomic E-state index is 12.2. The van der Waals surface area contributed by atoms with Crippen LogP contribution in [0.3, 0.4) is 0 Å². The minimum atomic E-state index is -0.335. The first-order chi connectivity index (χ1) is 13.1.